The third kappa shape index (κ3) is 3.55. The van der Waals surface area contributed by atoms with Crippen molar-refractivity contribution < 1.29 is 24.1 Å². The van der Waals surface area contributed by atoms with Gasteiger partial charge in [0, 0.05) is 6.61 Å². The van der Waals surface area contributed by atoms with E-state index in [1.54, 1.807) is 6.92 Å². The van der Waals surface area contributed by atoms with Crippen LogP contribution in [0.1, 0.15) is 22.8 Å². The molecule has 0 aromatic heterocycles. The summed E-state index contributed by atoms with van der Waals surface area (Å²) in [4.78, 5) is 11.0. The van der Waals surface area contributed by atoms with Gasteiger partial charge in [0.2, 0.25) is 0 Å². The molecule has 2 rings (SSSR count). The minimum Gasteiger partial charge on any atom is -0.478 e. The molecule has 0 saturated heterocycles. The number of halogens is 4. The molecule has 0 radical (unpaired) electrons. The van der Waals surface area contributed by atoms with Crippen LogP contribution in [0.25, 0.3) is 5.76 Å². The molecular formula is C13H10Cl4O5. The van der Waals surface area contributed by atoms with Crippen LogP contribution in [0, 0.1) is 0 Å². The normalized spacial score (nSPS) is 17.3. The Kier molecular flexibility index (Phi) is 5.35. The zero-order chi connectivity index (χ0) is 16.5. The molecule has 1 unspecified atom stereocenters. The molecule has 0 bridgehead atoms. The number of carboxylic acid groups (broad SMARTS) is 1. The number of rotatable bonds is 4. The monoisotopic (exact) mass is 386 g/mol. The van der Waals surface area contributed by atoms with E-state index in [4.69, 9.17) is 65.7 Å². The quantitative estimate of drug-likeness (QED) is 0.776. The fourth-order valence-electron chi connectivity index (χ4n) is 1.80. The number of ether oxygens (including phenoxy) is 3. The molecule has 0 amide bonds. The number of carboxylic acids is 1. The van der Waals surface area contributed by atoms with Crippen molar-refractivity contribution in [2.24, 2.45) is 0 Å². The van der Waals surface area contributed by atoms with E-state index in [-0.39, 0.29) is 33.7 Å². The third-order valence-corrected chi connectivity index (χ3v) is 3.63. The summed E-state index contributed by atoms with van der Waals surface area (Å²) in [5, 5.41) is 9.04. The van der Waals surface area contributed by atoms with Crippen LogP contribution >= 0.6 is 46.4 Å². The van der Waals surface area contributed by atoms with Crippen LogP contribution in [0.4, 0.5) is 0 Å². The maximum Gasteiger partial charge on any atom is 0.335 e. The molecule has 0 aliphatic carbocycles. The van der Waals surface area contributed by atoms with Gasteiger partial charge in [-0.3, -0.25) is 0 Å². The van der Waals surface area contributed by atoms with Crippen molar-refractivity contribution in [1.82, 2.24) is 0 Å². The maximum atomic E-state index is 11.0. The highest BCUT2D eigenvalue weighted by molar-refractivity contribution is 6.58. The Bertz CT molecular complexity index is 625. The number of carbonyl (C=O) groups is 1. The standard InChI is InChI=1S/C13H10Cl4O5/c1-2-20-13(16,17)12-21-8-4-3-6(11(18)19)5-7(8)9(22-12)10(14)15/h3-5,12H,2H2,1H3,(H,18,19). The minimum absolute atomic E-state index is 0.00283. The molecule has 1 aromatic rings. The first kappa shape index (κ1) is 17.5. The zero-order valence-electron chi connectivity index (χ0n) is 11.1. The predicted octanol–water partition coefficient (Wildman–Crippen LogP) is 4.39. The summed E-state index contributed by atoms with van der Waals surface area (Å²) in [6, 6.07) is 4.10. The van der Waals surface area contributed by atoms with E-state index in [0.717, 1.165) is 0 Å². The summed E-state index contributed by atoms with van der Waals surface area (Å²) < 4.78 is 14.1. The highest BCUT2D eigenvalue weighted by atomic mass is 35.5. The Balaban J connectivity index is 2.47. The molecule has 1 heterocycles. The lowest BCUT2D eigenvalue weighted by atomic mass is 10.1. The van der Waals surface area contributed by atoms with E-state index < -0.39 is 16.8 Å². The molecular weight excluding hydrogens is 378 g/mol. The van der Waals surface area contributed by atoms with Gasteiger partial charge in [0.15, 0.2) is 5.76 Å². The molecule has 1 aromatic carbocycles. The summed E-state index contributed by atoms with van der Waals surface area (Å²) in [7, 11) is 0. The number of alkyl halides is 2. The number of benzene rings is 1. The minimum atomic E-state index is -1.80. The number of hydrogen-bond acceptors (Lipinski definition) is 4. The van der Waals surface area contributed by atoms with Crippen molar-refractivity contribution in [1.29, 1.82) is 0 Å². The summed E-state index contributed by atoms with van der Waals surface area (Å²) >= 11 is 23.6. The fourth-order valence-corrected chi connectivity index (χ4v) is 2.49. The van der Waals surface area contributed by atoms with Gasteiger partial charge in [-0.1, -0.05) is 46.4 Å². The van der Waals surface area contributed by atoms with Crippen LogP contribution in [-0.2, 0) is 9.47 Å². The van der Waals surface area contributed by atoms with E-state index in [1.165, 1.54) is 18.2 Å². The SMILES string of the molecule is CCOC(Cl)(Cl)C1OC(=C(Cl)Cl)c2cc(C(=O)O)ccc2O1. The smallest absolute Gasteiger partial charge is 0.335 e. The second kappa shape index (κ2) is 6.72. The van der Waals surface area contributed by atoms with Crippen LogP contribution in [-0.4, -0.2) is 28.5 Å². The number of fused-ring (bicyclic) bond motifs is 1. The second-order valence-electron chi connectivity index (χ2n) is 4.17. The third-order valence-electron chi connectivity index (χ3n) is 2.71. The first-order valence-corrected chi connectivity index (χ1v) is 7.55. The van der Waals surface area contributed by atoms with Crippen molar-refractivity contribution in [2.75, 3.05) is 6.61 Å². The lowest BCUT2D eigenvalue weighted by Crippen LogP contribution is -2.42. The summed E-state index contributed by atoms with van der Waals surface area (Å²) in [6.45, 7) is 1.91. The lowest BCUT2D eigenvalue weighted by Gasteiger charge is -2.34. The highest BCUT2D eigenvalue weighted by Gasteiger charge is 2.44. The van der Waals surface area contributed by atoms with Gasteiger partial charge in [-0.15, -0.1) is 0 Å². The van der Waals surface area contributed by atoms with Crippen molar-refractivity contribution >= 4 is 58.1 Å². The van der Waals surface area contributed by atoms with Gasteiger partial charge in [-0.25, -0.2) is 4.79 Å². The number of hydrogen-bond donors (Lipinski definition) is 1. The van der Waals surface area contributed by atoms with E-state index in [2.05, 4.69) is 0 Å². The van der Waals surface area contributed by atoms with Gasteiger partial charge < -0.3 is 19.3 Å². The van der Waals surface area contributed by atoms with Crippen molar-refractivity contribution in [3.8, 4) is 5.75 Å². The van der Waals surface area contributed by atoms with Gasteiger partial charge >= 0.3 is 5.97 Å². The molecule has 0 spiro atoms. The molecule has 22 heavy (non-hydrogen) atoms. The van der Waals surface area contributed by atoms with E-state index in [0.29, 0.717) is 0 Å². The van der Waals surface area contributed by atoms with Crippen molar-refractivity contribution in [3.05, 3.63) is 33.8 Å². The summed E-state index contributed by atoms with van der Waals surface area (Å²) in [5.41, 5.74) is 0.293. The van der Waals surface area contributed by atoms with Gasteiger partial charge in [0.25, 0.3) is 10.8 Å². The van der Waals surface area contributed by atoms with Crippen LogP contribution in [0.15, 0.2) is 22.7 Å². The zero-order valence-corrected chi connectivity index (χ0v) is 14.1. The first-order chi connectivity index (χ1) is 10.3. The highest BCUT2D eigenvalue weighted by Crippen LogP contribution is 2.43. The molecule has 0 saturated carbocycles. The molecule has 5 nitrogen and oxygen atoms in total. The van der Waals surface area contributed by atoms with Gasteiger partial charge in [0.05, 0.1) is 11.1 Å². The predicted molar refractivity (Wildman–Crippen MR) is 83.6 cm³/mol. The molecule has 1 aliphatic rings. The van der Waals surface area contributed by atoms with Crippen LogP contribution < -0.4 is 4.74 Å². The van der Waals surface area contributed by atoms with Crippen LogP contribution in [0.3, 0.4) is 0 Å². The van der Waals surface area contributed by atoms with Crippen molar-refractivity contribution in [2.45, 2.75) is 17.7 Å². The largest absolute Gasteiger partial charge is 0.478 e. The van der Waals surface area contributed by atoms with E-state index in [1.807, 2.05) is 0 Å². The Morgan fingerprint density at radius 1 is 1.36 bits per heavy atom. The Morgan fingerprint density at radius 3 is 2.59 bits per heavy atom. The van der Waals surface area contributed by atoms with Crippen molar-refractivity contribution in [3.63, 3.8) is 0 Å². The molecule has 120 valence electrons. The first-order valence-electron chi connectivity index (χ1n) is 6.04. The van der Waals surface area contributed by atoms with Gasteiger partial charge in [-0.2, -0.15) is 0 Å². The van der Waals surface area contributed by atoms with E-state index in [9.17, 15) is 4.79 Å². The molecule has 0 fully saturated rings. The summed E-state index contributed by atoms with van der Waals surface area (Å²) in [6.07, 6.45) is -1.23. The molecule has 1 aliphatic heterocycles. The second-order valence-corrected chi connectivity index (χ2v) is 6.43. The average molecular weight is 388 g/mol. The van der Waals surface area contributed by atoms with Gasteiger partial charge in [0.1, 0.15) is 10.2 Å². The Morgan fingerprint density at radius 2 is 2.05 bits per heavy atom. The Labute approximate surface area is 146 Å². The molecule has 9 heteroatoms. The average Bonchev–Trinajstić information content (AvgIpc) is 2.45. The van der Waals surface area contributed by atoms with Crippen LogP contribution in [0.2, 0.25) is 0 Å². The molecule has 1 atom stereocenters. The molecule has 1 N–H and O–H groups in total. The topological polar surface area (TPSA) is 65.0 Å². The number of aromatic carboxylic acids is 1. The van der Waals surface area contributed by atoms with Gasteiger partial charge in [-0.05, 0) is 25.1 Å². The summed E-state index contributed by atoms with van der Waals surface area (Å²) in [5.74, 6) is -0.850. The van der Waals surface area contributed by atoms with E-state index >= 15 is 0 Å². The Hall–Kier alpha value is -0.850. The van der Waals surface area contributed by atoms with Crippen LogP contribution in [0.5, 0.6) is 5.75 Å². The maximum absolute atomic E-state index is 11.0. The lowest BCUT2D eigenvalue weighted by molar-refractivity contribution is -0.119. The fraction of sp³-hybridized carbons (Fsp3) is 0.308.